The SMILES string of the molecule is CCCCNc1cc(NCCC)cc([N+](=O)[O-])c1. The molecule has 0 fully saturated rings. The average Bonchev–Trinajstić information content (AvgIpc) is 2.36. The van der Waals surface area contributed by atoms with Gasteiger partial charge in [0, 0.05) is 36.6 Å². The Kier molecular flexibility index (Phi) is 5.97. The highest BCUT2D eigenvalue weighted by Crippen LogP contribution is 2.24. The molecule has 18 heavy (non-hydrogen) atoms. The standard InChI is InChI=1S/C13H21N3O2/c1-3-5-7-15-12-8-11(14-6-4-2)9-13(10-12)16(17)18/h8-10,14-15H,3-7H2,1-2H3. The highest BCUT2D eigenvalue weighted by Gasteiger charge is 2.09. The van der Waals surface area contributed by atoms with Crippen LogP contribution in [0.2, 0.25) is 0 Å². The van der Waals surface area contributed by atoms with Crippen molar-refractivity contribution >= 4 is 17.1 Å². The van der Waals surface area contributed by atoms with E-state index in [2.05, 4.69) is 24.5 Å². The van der Waals surface area contributed by atoms with Crippen LogP contribution in [-0.2, 0) is 0 Å². The van der Waals surface area contributed by atoms with Crippen molar-refractivity contribution in [2.24, 2.45) is 0 Å². The van der Waals surface area contributed by atoms with Crippen molar-refractivity contribution in [1.29, 1.82) is 0 Å². The van der Waals surface area contributed by atoms with Crippen LogP contribution in [0.3, 0.4) is 0 Å². The van der Waals surface area contributed by atoms with Gasteiger partial charge in [-0.2, -0.15) is 0 Å². The van der Waals surface area contributed by atoms with Gasteiger partial charge in [0.05, 0.1) is 4.92 Å². The van der Waals surface area contributed by atoms with E-state index < -0.39 is 0 Å². The third-order valence-electron chi connectivity index (χ3n) is 2.57. The first kappa shape index (κ1) is 14.3. The molecule has 0 amide bonds. The second-order valence-corrected chi connectivity index (χ2v) is 4.23. The molecule has 1 aromatic rings. The fourth-order valence-electron chi connectivity index (χ4n) is 1.60. The minimum atomic E-state index is -0.359. The summed E-state index contributed by atoms with van der Waals surface area (Å²) in [5.74, 6) is 0. The normalized spacial score (nSPS) is 10.1. The Labute approximate surface area is 108 Å². The average molecular weight is 251 g/mol. The van der Waals surface area contributed by atoms with Crippen molar-refractivity contribution in [2.45, 2.75) is 33.1 Å². The van der Waals surface area contributed by atoms with E-state index in [1.807, 2.05) is 6.07 Å². The van der Waals surface area contributed by atoms with Crippen LogP contribution in [0.15, 0.2) is 18.2 Å². The van der Waals surface area contributed by atoms with Crippen LogP contribution in [0, 0.1) is 10.1 Å². The molecule has 1 aromatic carbocycles. The molecule has 100 valence electrons. The zero-order chi connectivity index (χ0) is 13.4. The van der Waals surface area contributed by atoms with Crippen molar-refractivity contribution in [3.8, 4) is 0 Å². The number of hydrogen-bond donors (Lipinski definition) is 2. The van der Waals surface area contributed by atoms with Gasteiger partial charge in [-0.25, -0.2) is 0 Å². The maximum absolute atomic E-state index is 10.9. The number of nitrogens with zero attached hydrogens (tertiary/aromatic N) is 1. The number of nitro groups is 1. The van der Waals surface area contributed by atoms with Crippen molar-refractivity contribution in [2.75, 3.05) is 23.7 Å². The van der Waals surface area contributed by atoms with Gasteiger partial charge in [0.25, 0.3) is 5.69 Å². The van der Waals surface area contributed by atoms with Gasteiger partial charge in [-0.15, -0.1) is 0 Å². The fraction of sp³-hybridized carbons (Fsp3) is 0.538. The summed E-state index contributed by atoms with van der Waals surface area (Å²) in [4.78, 5) is 10.5. The van der Waals surface area contributed by atoms with Crippen LogP contribution in [0.25, 0.3) is 0 Å². The lowest BCUT2D eigenvalue weighted by molar-refractivity contribution is -0.384. The maximum Gasteiger partial charge on any atom is 0.273 e. The van der Waals surface area contributed by atoms with E-state index in [4.69, 9.17) is 0 Å². The summed E-state index contributed by atoms with van der Waals surface area (Å²) < 4.78 is 0. The molecular weight excluding hydrogens is 230 g/mol. The van der Waals surface area contributed by atoms with Crippen LogP contribution in [0.4, 0.5) is 17.1 Å². The number of benzene rings is 1. The molecule has 0 radical (unpaired) electrons. The predicted octanol–water partition coefficient (Wildman–Crippen LogP) is 3.63. The molecule has 0 aliphatic carbocycles. The molecule has 0 aromatic heterocycles. The molecule has 0 aliphatic heterocycles. The largest absolute Gasteiger partial charge is 0.385 e. The van der Waals surface area contributed by atoms with Gasteiger partial charge in [0.2, 0.25) is 0 Å². The zero-order valence-corrected chi connectivity index (χ0v) is 11.0. The number of nitro benzene ring substituents is 1. The van der Waals surface area contributed by atoms with E-state index in [-0.39, 0.29) is 10.6 Å². The van der Waals surface area contributed by atoms with Crippen LogP contribution in [0.5, 0.6) is 0 Å². The number of non-ortho nitro benzene ring substituents is 1. The van der Waals surface area contributed by atoms with E-state index in [1.165, 1.54) is 0 Å². The summed E-state index contributed by atoms with van der Waals surface area (Å²) in [5.41, 5.74) is 1.72. The van der Waals surface area contributed by atoms with E-state index >= 15 is 0 Å². The molecule has 0 atom stereocenters. The van der Waals surface area contributed by atoms with Gasteiger partial charge >= 0.3 is 0 Å². The third-order valence-corrected chi connectivity index (χ3v) is 2.57. The lowest BCUT2D eigenvalue weighted by atomic mass is 10.2. The Balaban J connectivity index is 2.80. The Morgan fingerprint density at radius 3 is 2.17 bits per heavy atom. The highest BCUT2D eigenvalue weighted by atomic mass is 16.6. The number of hydrogen-bond acceptors (Lipinski definition) is 4. The van der Waals surface area contributed by atoms with E-state index in [1.54, 1.807) is 12.1 Å². The molecule has 5 nitrogen and oxygen atoms in total. The topological polar surface area (TPSA) is 67.2 Å². The number of anilines is 2. The molecule has 0 heterocycles. The Morgan fingerprint density at radius 1 is 1.06 bits per heavy atom. The van der Waals surface area contributed by atoms with Crippen LogP contribution < -0.4 is 10.6 Å². The highest BCUT2D eigenvalue weighted by molar-refractivity contribution is 5.63. The molecule has 0 aliphatic rings. The molecule has 0 bridgehead atoms. The smallest absolute Gasteiger partial charge is 0.273 e. The van der Waals surface area contributed by atoms with Gasteiger partial charge in [-0.3, -0.25) is 10.1 Å². The Bertz CT molecular complexity index is 394. The number of rotatable bonds is 8. The zero-order valence-electron chi connectivity index (χ0n) is 11.0. The number of nitrogens with one attached hydrogen (secondary N) is 2. The molecule has 0 saturated carbocycles. The molecular formula is C13H21N3O2. The van der Waals surface area contributed by atoms with Crippen molar-refractivity contribution < 1.29 is 4.92 Å². The summed E-state index contributed by atoms with van der Waals surface area (Å²) in [6.07, 6.45) is 3.14. The summed E-state index contributed by atoms with van der Waals surface area (Å²) in [7, 11) is 0. The molecule has 5 heteroatoms. The summed E-state index contributed by atoms with van der Waals surface area (Å²) >= 11 is 0. The molecule has 0 spiro atoms. The summed E-state index contributed by atoms with van der Waals surface area (Å²) in [5, 5.41) is 17.2. The lowest BCUT2D eigenvalue weighted by Gasteiger charge is -2.09. The van der Waals surface area contributed by atoms with E-state index in [9.17, 15) is 10.1 Å². The van der Waals surface area contributed by atoms with Gasteiger partial charge in [0.15, 0.2) is 0 Å². The van der Waals surface area contributed by atoms with E-state index in [0.29, 0.717) is 0 Å². The molecule has 2 N–H and O–H groups in total. The molecule has 1 rings (SSSR count). The van der Waals surface area contributed by atoms with Crippen molar-refractivity contribution in [3.05, 3.63) is 28.3 Å². The monoisotopic (exact) mass is 251 g/mol. The van der Waals surface area contributed by atoms with Crippen molar-refractivity contribution in [1.82, 2.24) is 0 Å². The number of unbranched alkanes of at least 4 members (excludes halogenated alkanes) is 1. The van der Waals surface area contributed by atoms with Crippen LogP contribution in [-0.4, -0.2) is 18.0 Å². The second-order valence-electron chi connectivity index (χ2n) is 4.23. The van der Waals surface area contributed by atoms with Gasteiger partial charge in [-0.1, -0.05) is 20.3 Å². The maximum atomic E-state index is 10.9. The lowest BCUT2D eigenvalue weighted by Crippen LogP contribution is -2.04. The van der Waals surface area contributed by atoms with Gasteiger partial charge in [0.1, 0.15) is 0 Å². The van der Waals surface area contributed by atoms with Crippen LogP contribution >= 0.6 is 0 Å². The van der Waals surface area contributed by atoms with Gasteiger partial charge < -0.3 is 10.6 Å². The first-order chi connectivity index (χ1) is 8.67. The van der Waals surface area contributed by atoms with E-state index in [0.717, 1.165) is 43.7 Å². The Hall–Kier alpha value is -1.78. The second kappa shape index (κ2) is 7.53. The molecule has 0 saturated heterocycles. The Morgan fingerprint density at radius 2 is 1.67 bits per heavy atom. The van der Waals surface area contributed by atoms with Gasteiger partial charge in [-0.05, 0) is 18.9 Å². The van der Waals surface area contributed by atoms with Crippen LogP contribution in [0.1, 0.15) is 33.1 Å². The first-order valence-corrected chi connectivity index (χ1v) is 6.44. The first-order valence-electron chi connectivity index (χ1n) is 6.44. The minimum absolute atomic E-state index is 0.120. The molecule has 0 unspecified atom stereocenters. The quantitative estimate of drug-likeness (QED) is 0.420. The predicted molar refractivity (Wildman–Crippen MR) is 75.3 cm³/mol. The fourth-order valence-corrected chi connectivity index (χ4v) is 1.60. The summed E-state index contributed by atoms with van der Waals surface area (Å²) in [6.45, 7) is 5.83. The minimum Gasteiger partial charge on any atom is -0.385 e. The third kappa shape index (κ3) is 4.61. The summed E-state index contributed by atoms with van der Waals surface area (Å²) in [6, 6.07) is 5.06. The van der Waals surface area contributed by atoms with Crippen molar-refractivity contribution in [3.63, 3.8) is 0 Å².